The van der Waals surface area contributed by atoms with Gasteiger partial charge in [-0.1, -0.05) is 24.3 Å². The highest BCUT2D eigenvalue weighted by molar-refractivity contribution is 7.91. The Morgan fingerprint density at radius 2 is 1.76 bits per heavy atom. The standard InChI is InChI=1S/C16H16ClNO2S/c1-2-18-15-6-4-3-5-13(15)14-9-12(7-8-16(14)18)10-21(19,20)11-17/h3-9H,2,10-11H2,1H3. The van der Waals surface area contributed by atoms with Crippen LogP contribution < -0.4 is 0 Å². The molecule has 2 aromatic carbocycles. The SMILES string of the molecule is CCn1c2ccccc2c2cc(CS(=O)(=O)CCl)ccc21. The van der Waals surface area contributed by atoms with Gasteiger partial charge in [0.15, 0.2) is 9.84 Å². The zero-order chi connectivity index (χ0) is 15.0. The number of hydrogen-bond donors (Lipinski definition) is 0. The maximum atomic E-state index is 11.7. The quantitative estimate of drug-likeness (QED) is 0.683. The maximum absolute atomic E-state index is 11.7. The predicted molar refractivity (Wildman–Crippen MR) is 88.5 cm³/mol. The summed E-state index contributed by atoms with van der Waals surface area (Å²) in [4.78, 5) is 0. The van der Waals surface area contributed by atoms with Gasteiger partial charge in [0, 0.05) is 28.4 Å². The molecule has 0 aliphatic heterocycles. The van der Waals surface area contributed by atoms with Crippen LogP contribution in [0.4, 0.5) is 0 Å². The van der Waals surface area contributed by atoms with Gasteiger partial charge in [-0.25, -0.2) is 8.42 Å². The van der Waals surface area contributed by atoms with E-state index in [9.17, 15) is 8.42 Å². The first kappa shape index (κ1) is 14.4. The number of benzene rings is 2. The van der Waals surface area contributed by atoms with Crippen molar-refractivity contribution >= 4 is 43.2 Å². The lowest BCUT2D eigenvalue weighted by molar-refractivity contribution is 0.600. The number of nitrogens with zero attached hydrogens (tertiary/aromatic N) is 1. The van der Waals surface area contributed by atoms with Crippen molar-refractivity contribution in [1.82, 2.24) is 4.57 Å². The minimum Gasteiger partial charge on any atom is -0.341 e. The number of alkyl halides is 1. The third-order valence-electron chi connectivity index (χ3n) is 3.71. The average molecular weight is 322 g/mol. The van der Waals surface area contributed by atoms with Gasteiger partial charge >= 0.3 is 0 Å². The lowest BCUT2D eigenvalue weighted by atomic mass is 10.1. The monoisotopic (exact) mass is 321 g/mol. The van der Waals surface area contributed by atoms with Gasteiger partial charge in [0.05, 0.1) is 5.75 Å². The molecule has 0 spiro atoms. The summed E-state index contributed by atoms with van der Waals surface area (Å²) in [6, 6.07) is 14.0. The zero-order valence-corrected chi connectivity index (χ0v) is 13.3. The Bertz CT molecular complexity index is 913. The molecule has 0 N–H and O–H groups in total. The highest BCUT2D eigenvalue weighted by atomic mass is 35.5. The van der Waals surface area contributed by atoms with Crippen molar-refractivity contribution in [1.29, 1.82) is 0 Å². The van der Waals surface area contributed by atoms with E-state index in [1.807, 2.05) is 30.3 Å². The van der Waals surface area contributed by atoms with Gasteiger partial charge in [-0.2, -0.15) is 0 Å². The number of rotatable bonds is 4. The molecule has 1 heterocycles. The van der Waals surface area contributed by atoms with Gasteiger partial charge in [-0.3, -0.25) is 0 Å². The molecule has 1 aromatic heterocycles. The molecule has 0 amide bonds. The van der Waals surface area contributed by atoms with Gasteiger partial charge in [0.1, 0.15) is 5.21 Å². The van der Waals surface area contributed by atoms with Crippen LogP contribution in [-0.2, 0) is 22.1 Å². The van der Waals surface area contributed by atoms with Crippen LogP contribution in [0.25, 0.3) is 21.8 Å². The second-order valence-electron chi connectivity index (χ2n) is 5.11. The molecule has 0 aliphatic carbocycles. The van der Waals surface area contributed by atoms with Crippen molar-refractivity contribution in [2.24, 2.45) is 0 Å². The van der Waals surface area contributed by atoms with Crippen molar-refractivity contribution in [2.75, 3.05) is 5.21 Å². The molecule has 3 rings (SSSR count). The van der Waals surface area contributed by atoms with Gasteiger partial charge in [-0.15, -0.1) is 11.6 Å². The minimum absolute atomic E-state index is 0.0158. The summed E-state index contributed by atoms with van der Waals surface area (Å²) >= 11 is 5.49. The Balaban J connectivity index is 2.24. The van der Waals surface area contributed by atoms with E-state index in [-0.39, 0.29) is 11.0 Å². The van der Waals surface area contributed by atoms with E-state index in [1.165, 1.54) is 5.52 Å². The first-order valence-electron chi connectivity index (χ1n) is 6.82. The van der Waals surface area contributed by atoms with Crippen LogP contribution in [-0.4, -0.2) is 18.2 Å². The molecule has 0 unspecified atom stereocenters. The predicted octanol–water partition coefficient (Wildman–Crippen LogP) is 3.93. The molecule has 110 valence electrons. The second-order valence-corrected chi connectivity index (χ2v) is 7.76. The van der Waals surface area contributed by atoms with Crippen molar-refractivity contribution < 1.29 is 8.42 Å². The number of hydrogen-bond acceptors (Lipinski definition) is 2. The molecule has 21 heavy (non-hydrogen) atoms. The normalized spacial score (nSPS) is 12.3. The molecule has 0 saturated heterocycles. The molecule has 0 saturated carbocycles. The van der Waals surface area contributed by atoms with Gasteiger partial charge < -0.3 is 4.57 Å². The van der Waals surface area contributed by atoms with E-state index >= 15 is 0 Å². The largest absolute Gasteiger partial charge is 0.341 e. The summed E-state index contributed by atoms with van der Waals surface area (Å²) in [7, 11) is -3.23. The fraction of sp³-hybridized carbons (Fsp3) is 0.250. The van der Waals surface area contributed by atoms with Crippen molar-refractivity contribution in [2.45, 2.75) is 19.2 Å². The number of halogens is 1. The molecule has 0 aliphatic rings. The van der Waals surface area contributed by atoms with Crippen LogP contribution in [0.2, 0.25) is 0 Å². The Morgan fingerprint density at radius 1 is 1.05 bits per heavy atom. The van der Waals surface area contributed by atoms with E-state index < -0.39 is 9.84 Å². The molecule has 5 heteroatoms. The van der Waals surface area contributed by atoms with Crippen LogP contribution in [0, 0.1) is 0 Å². The van der Waals surface area contributed by atoms with Crippen LogP contribution in [0.1, 0.15) is 12.5 Å². The third kappa shape index (κ3) is 2.54. The van der Waals surface area contributed by atoms with E-state index in [1.54, 1.807) is 0 Å². The van der Waals surface area contributed by atoms with Crippen molar-refractivity contribution in [3.8, 4) is 0 Å². The Hall–Kier alpha value is -1.52. The molecular formula is C16H16ClNO2S. The maximum Gasteiger partial charge on any atom is 0.168 e. The van der Waals surface area contributed by atoms with Crippen molar-refractivity contribution in [3.05, 3.63) is 48.0 Å². The minimum atomic E-state index is -3.23. The summed E-state index contributed by atoms with van der Waals surface area (Å²) < 4.78 is 25.6. The lowest BCUT2D eigenvalue weighted by Gasteiger charge is -2.04. The number of sulfone groups is 1. The van der Waals surface area contributed by atoms with Crippen LogP contribution in [0.5, 0.6) is 0 Å². The summed E-state index contributed by atoms with van der Waals surface area (Å²) in [5, 5.41) is 1.90. The van der Waals surface area contributed by atoms with Crippen LogP contribution in [0.3, 0.4) is 0 Å². The van der Waals surface area contributed by atoms with Crippen LogP contribution >= 0.6 is 11.6 Å². The highest BCUT2D eigenvalue weighted by Crippen LogP contribution is 2.30. The summed E-state index contributed by atoms with van der Waals surface area (Å²) in [6.07, 6.45) is 0. The summed E-state index contributed by atoms with van der Waals surface area (Å²) in [5.41, 5.74) is 3.08. The Labute approximate surface area is 129 Å². The van der Waals surface area contributed by atoms with Crippen molar-refractivity contribution in [3.63, 3.8) is 0 Å². The highest BCUT2D eigenvalue weighted by Gasteiger charge is 2.13. The average Bonchev–Trinajstić information content (AvgIpc) is 2.80. The number of fused-ring (bicyclic) bond motifs is 3. The first-order valence-corrected chi connectivity index (χ1v) is 9.17. The molecule has 3 aromatic rings. The molecule has 0 atom stereocenters. The summed E-state index contributed by atoms with van der Waals surface area (Å²) in [5.74, 6) is -0.0158. The molecule has 0 radical (unpaired) electrons. The van der Waals surface area contributed by atoms with E-state index in [2.05, 4.69) is 23.6 Å². The smallest absolute Gasteiger partial charge is 0.168 e. The van der Waals surface area contributed by atoms with Crippen LogP contribution in [0.15, 0.2) is 42.5 Å². The fourth-order valence-corrected chi connectivity index (χ4v) is 3.82. The molecular weight excluding hydrogens is 306 g/mol. The number of aryl methyl sites for hydroxylation is 1. The first-order chi connectivity index (χ1) is 10.1. The second kappa shape index (κ2) is 5.35. The Kier molecular flexibility index (Phi) is 3.68. The number of aromatic nitrogens is 1. The van der Waals surface area contributed by atoms with E-state index in [0.717, 1.165) is 28.4 Å². The van der Waals surface area contributed by atoms with Gasteiger partial charge in [0.2, 0.25) is 0 Å². The number of para-hydroxylation sites is 1. The third-order valence-corrected chi connectivity index (χ3v) is 5.81. The zero-order valence-electron chi connectivity index (χ0n) is 11.7. The molecule has 3 nitrogen and oxygen atoms in total. The lowest BCUT2D eigenvalue weighted by Crippen LogP contribution is -2.04. The molecule has 0 fully saturated rings. The Morgan fingerprint density at radius 3 is 2.48 bits per heavy atom. The fourth-order valence-electron chi connectivity index (χ4n) is 2.82. The topological polar surface area (TPSA) is 39.1 Å². The molecule has 0 bridgehead atoms. The summed E-state index contributed by atoms with van der Waals surface area (Å²) in [6.45, 7) is 2.99. The van der Waals surface area contributed by atoms with Gasteiger partial charge in [0.25, 0.3) is 0 Å². The van der Waals surface area contributed by atoms with Gasteiger partial charge in [-0.05, 0) is 30.7 Å². The van der Waals surface area contributed by atoms with E-state index in [4.69, 9.17) is 11.6 Å². The van der Waals surface area contributed by atoms with E-state index in [0.29, 0.717) is 0 Å².